The van der Waals surface area contributed by atoms with Crippen LogP contribution in [0.2, 0.25) is 0 Å². The van der Waals surface area contributed by atoms with E-state index < -0.39 is 0 Å². The highest BCUT2D eigenvalue weighted by Gasteiger charge is 2.10. The van der Waals surface area contributed by atoms with Gasteiger partial charge < -0.3 is 21.3 Å². The molecule has 144 valence electrons. The van der Waals surface area contributed by atoms with Crippen LogP contribution >= 0.6 is 36.2 Å². The van der Waals surface area contributed by atoms with E-state index in [-0.39, 0.29) is 36.6 Å². The molecule has 0 unspecified atom stereocenters. The number of thiazole rings is 1. The van der Waals surface area contributed by atoms with Gasteiger partial charge in [-0.25, -0.2) is 4.98 Å². The first-order valence-electron chi connectivity index (χ1n) is 7.48. The molecule has 2 amide bonds. The van der Waals surface area contributed by atoms with Gasteiger partial charge in [-0.1, -0.05) is 0 Å². The molecule has 2 aromatic rings. The standard InChI is InChI=1S/C16H21N5O2S.2ClH/c1-21(2)8-7-14(22)18-11-3-5-12(6-4-11)19-16(23)13-10-24-15(9-17)20-13;;/h3-6,10H,7-9,17H2,1-2H3,(H,18,22)(H,19,23);2*1H. The largest absolute Gasteiger partial charge is 0.326 e. The van der Waals surface area contributed by atoms with Crippen LogP contribution in [0.4, 0.5) is 11.4 Å². The lowest BCUT2D eigenvalue weighted by molar-refractivity contribution is -0.116. The molecule has 0 saturated carbocycles. The van der Waals surface area contributed by atoms with Gasteiger partial charge in [0.15, 0.2) is 0 Å². The molecule has 0 radical (unpaired) electrons. The van der Waals surface area contributed by atoms with Crippen molar-refractivity contribution in [2.75, 3.05) is 31.3 Å². The van der Waals surface area contributed by atoms with Crippen LogP contribution in [0.3, 0.4) is 0 Å². The summed E-state index contributed by atoms with van der Waals surface area (Å²) in [6.07, 6.45) is 0.429. The van der Waals surface area contributed by atoms with Crippen LogP contribution in [0.5, 0.6) is 0 Å². The second kappa shape index (κ2) is 11.8. The lowest BCUT2D eigenvalue weighted by Gasteiger charge is -2.10. The number of hydrogen-bond acceptors (Lipinski definition) is 6. The first kappa shape index (κ1) is 24.3. The highest BCUT2D eigenvalue weighted by molar-refractivity contribution is 7.09. The van der Waals surface area contributed by atoms with E-state index in [1.54, 1.807) is 29.6 Å². The van der Waals surface area contributed by atoms with Crippen LogP contribution in [0.15, 0.2) is 29.6 Å². The molecule has 1 heterocycles. The third kappa shape index (κ3) is 7.67. The number of nitrogens with two attached hydrogens (primary N) is 1. The summed E-state index contributed by atoms with van der Waals surface area (Å²) in [5.74, 6) is -0.328. The van der Waals surface area contributed by atoms with E-state index >= 15 is 0 Å². The number of nitrogens with one attached hydrogen (secondary N) is 2. The van der Waals surface area contributed by atoms with Crippen molar-refractivity contribution in [3.63, 3.8) is 0 Å². The molecule has 0 bridgehead atoms. The van der Waals surface area contributed by atoms with E-state index in [9.17, 15) is 9.59 Å². The predicted octanol–water partition coefficient (Wildman–Crippen LogP) is 2.59. The maximum Gasteiger partial charge on any atom is 0.275 e. The first-order chi connectivity index (χ1) is 11.5. The summed E-state index contributed by atoms with van der Waals surface area (Å²) in [6, 6.07) is 6.95. The minimum absolute atomic E-state index is 0. The molecule has 0 atom stereocenters. The number of halogens is 2. The molecule has 1 aromatic heterocycles. The number of benzene rings is 1. The van der Waals surface area contributed by atoms with Crippen LogP contribution < -0.4 is 16.4 Å². The normalized spacial score (nSPS) is 9.85. The van der Waals surface area contributed by atoms with E-state index in [2.05, 4.69) is 15.6 Å². The number of nitrogens with zero attached hydrogens (tertiary/aromatic N) is 2. The molecule has 0 saturated heterocycles. The average Bonchev–Trinajstić information content (AvgIpc) is 3.04. The number of rotatable bonds is 7. The van der Waals surface area contributed by atoms with Gasteiger partial charge in [0.05, 0.1) is 0 Å². The second-order valence-electron chi connectivity index (χ2n) is 5.46. The van der Waals surface area contributed by atoms with Gasteiger partial charge in [0.1, 0.15) is 10.7 Å². The Morgan fingerprint density at radius 2 is 1.69 bits per heavy atom. The maximum atomic E-state index is 12.1. The zero-order valence-electron chi connectivity index (χ0n) is 14.5. The van der Waals surface area contributed by atoms with Gasteiger partial charge in [-0.2, -0.15) is 0 Å². The van der Waals surface area contributed by atoms with Crippen molar-refractivity contribution in [3.05, 3.63) is 40.3 Å². The zero-order chi connectivity index (χ0) is 17.5. The van der Waals surface area contributed by atoms with Crippen molar-refractivity contribution in [2.24, 2.45) is 5.73 Å². The smallest absolute Gasteiger partial charge is 0.275 e. The van der Waals surface area contributed by atoms with E-state index in [0.29, 0.717) is 36.6 Å². The SMILES string of the molecule is CN(C)CCC(=O)Nc1ccc(NC(=O)c2csc(CN)n2)cc1.Cl.Cl. The fraction of sp³-hybridized carbons (Fsp3) is 0.312. The molecule has 0 aliphatic rings. The molecule has 0 aliphatic heterocycles. The lowest BCUT2D eigenvalue weighted by Crippen LogP contribution is -2.20. The summed E-state index contributed by atoms with van der Waals surface area (Å²) < 4.78 is 0. The summed E-state index contributed by atoms with van der Waals surface area (Å²) in [5, 5.41) is 7.97. The van der Waals surface area contributed by atoms with Gasteiger partial charge >= 0.3 is 0 Å². The molecule has 0 fully saturated rings. The van der Waals surface area contributed by atoms with E-state index in [4.69, 9.17) is 5.73 Å². The minimum Gasteiger partial charge on any atom is -0.326 e. The van der Waals surface area contributed by atoms with Gasteiger partial charge in [-0.05, 0) is 38.4 Å². The molecule has 4 N–H and O–H groups in total. The third-order valence-corrected chi connectivity index (χ3v) is 4.04. The van der Waals surface area contributed by atoms with Gasteiger partial charge in [0, 0.05) is 36.3 Å². The Labute approximate surface area is 169 Å². The highest BCUT2D eigenvalue weighted by Crippen LogP contribution is 2.16. The molecule has 10 heteroatoms. The van der Waals surface area contributed by atoms with Crippen molar-refractivity contribution >= 4 is 59.3 Å². The number of amides is 2. The van der Waals surface area contributed by atoms with Crippen LogP contribution in [-0.4, -0.2) is 42.3 Å². The average molecular weight is 420 g/mol. The third-order valence-electron chi connectivity index (χ3n) is 3.17. The minimum atomic E-state index is -0.284. The number of anilines is 2. The second-order valence-corrected chi connectivity index (χ2v) is 6.41. The predicted molar refractivity (Wildman–Crippen MR) is 111 cm³/mol. The van der Waals surface area contributed by atoms with Gasteiger partial charge in [0.25, 0.3) is 5.91 Å². The number of aromatic nitrogens is 1. The fourth-order valence-corrected chi connectivity index (χ4v) is 2.54. The van der Waals surface area contributed by atoms with Crippen LogP contribution in [0, 0.1) is 0 Å². The summed E-state index contributed by atoms with van der Waals surface area (Å²) in [7, 11) is 3.84. The Kier molecular flexibility index (Phi) is 11.0. The molecular formula is C16H23Cl2N5O2S. The maximum absolute atomic E-state index is 12.1. The van der Waals surface area contributed by atoms with Crippen LogP contribution in [0.25, 0.3) is 0 Å². The van der Waals surface area contributed by atoms with Crippen molar-refractivity contribution in [1.82, 2.24) is 9.88 Å². The van der Waals surface area contributed by atoms with E-state index in [1.165, 1.54) is 11.3 Å². The van der Waals surface area contributed by atoms with Crippen molar-refractivity contribution < 1.29 is 9.59 Å². The number of hydrogen-bond donors (Lipinski definition) is 3. The van der Waals surface area contributed by atoms with E-state index in [1.807, 2.05) is 19.0 Å². The Bertz CT molecular complexity index is 707. The Morgan fingerprint density at radius 3 is 2.19 bits per heavy atom. The van der Waals surface area contributed by atoms with Crippen molar-refractivity contribution in [2.45, 2.75) is 13.0 Å². The zero-order valence-corrected chi connectivity index (χ0v) is 17.0. The Hall–Kier alpha value is -1.71. The number of carbonyl (C=O) groups is 2. The van der Waals surface area contributed by atoms with Gasteiger partial charge in [0.2, 0.25) is 5.91 Å². The quantitative estimate of drug-likeness (QED) is 0.639. The topological polar surface area (TPSA) is 100 Å². The monoisotopic (exact) mass is 419 g/mol. The Balaban J connectivity index is 0.00000312. The van der Waals surface area contributed by atoms with Gasteiger partial charge in [-0.3, -0.25) is 9.59 Å². The van der Waals surface area contributed by atoms with Crippen molar-refractivity contribution in [3.8, 4) is 0 Å². The molecule has 26 heavy (non-hydrogen) atoms. The van der Waals surface area contributed by atoms with E-state index in [0.717, 1.165) is 5.01 Å². The molecule has 2 rings (SSSR count). The lowest BCUT2D eigenvalue weighted by atomic mass is 10.2. The molecule has 0 aliphatic carbocycles. The summed E-state index contributed by atoms with van der Waals surface area (Å²) in [4.78, 5) is 29.9. The highest BCUT2D eigenvalue weighted by atomic mass is 35.5. The van der Waals surface area contributed by atoms with Gasteiger partial charge in [-0.15, -0.1) is 36.2 Å². The molecule has 1 aromatic carbocycles. The van der Waals surface area contributed by atoms with Crippen LogP contribution in [-0.2, 0) is 11.3 Å². The number of carbonyl (C=O) groups excluding carboxylic acids is 2. The summed E-state index contributed by atoms with van der Waals surface area (Å²) in [5.41, 5.74) is 7.16. The molecule has 0 spiro atoms. The summed E-state index contributed by atoms with van der Waals surface area (Å²) in [6.45, 7) is 1.01. The Morgan fingerprint density at radius 1 is 1.12 bits per heavy atom. The fourth-order valence-electron chi connectivity index (χ4n) is 1.89. The van der Waals surface area contributed by atoms with Crippen LogP contribution in [0.1, 0.15) is 21.9 Å². The molecule has 7 nitrogen and oxygen atoms in total. The summed E-state index contributed by atoms with van der Waals surface area (Å²) >= 11 is 1.36. The first-order valence-corrected chi connectivity index (χ1v) is 8.36. The molecular weight excluding hydrogens is 397 g/mol. The van der Waals surface area contributed by atoms with Crippen molar-refractivity contribution in [1.29, 1.82) is 0 Å².